The average Bonchev–Trinajstić information content (AvgIpc) is 2.38. The maximum atomic E-state index is 11.5. The summed E-state index contributed by atoms with van der Waals surface area (Å²) in [6, 6.07) is 7.44. The number of pyridine rings is 1. The number of methoxy groups -OCH3 is 1. The predicted molar refractivity (Wildman–Crippen MR) is 69.0 cm³/mol. The van der Waals surface area contributed by atoms with Crippen molar-refractivity contribution in [2.75, 3.05) is 13.7 Å². The molecule has 18 heavy (non-hydrogen) atoms. The van der Waals surface area contributed by atoms with Crippen LogP contribution in [0.5, 0.6) is 5.75 Å². The fourth-order valence-corrected chi connectivity index (χ4v) is 1.79. The molecule has 0 fully saturated rings. The molecule has 0 unspecified atom stereocenters. The first kappa shape index (κ1) is 12.4. The van der Waals surface area contributed by atoms with Crippen LogP contribution >= 0.6 is 0 Å². The molecule has 2 rings (SSSR count). The Balaban J connectivity index is 2.66. The number of esters is 1. The van der Waals surface area contributed by atoms with Crippen molar-refractivity contribution in [2.24, 2.45) is 0 Å². The molecule has 0 atom stereocenters. The van der Waals surface area contributed by atoms with Crippen molar-refractivity contribution in [2.45, 2.75) is 13.8 Å². The van der Waals surface area contributed by atoms with Crippen molar-refractivity contribution in [3.63, 3.8) is 0 Å². The molecule has 0 spiro atoms. The van der Waals surface area contributed by atoms with E-state index >= 15 is 0 Å². The number of ether oxygens (including phenoxy) is 2. The van der Waals surface area contributed by atoms with E-state index in [1.807, 2.05) is 32.0 Å². The van der Waals surface area contributed by atoms with E-state index in [0.717, 1.165) is 16.5 Å². The summed E-state index contributed by atoms with van der Waals surface area (Å²) in [6.07, 6.45) is 0. The molecule has 94 valence electrons. The Bertz CT molecular complexity index is 593. The topological polar surface area (TPSA) is 48.4 Å². The predicted octanol–water partition coefficient (Wildman–Crippen LogP) is 2.73. The number of carbonyl (C=O) groups is 1. The van der Waals surface area contributed by atoms with Gasteiger partial charge < -0.3 is 9.47 Å². The molecule has 1 heterocycles. The fourth-order valence-electron chi connectivity index (χ4n) is 1.79. The van der Waals surface area contributed by atoms with E-state index in [1.165, 1.54) is 7.11 Å². The third kappa shape index (κ3) is 2.27. The van der Waals surface area contributed by atoms with E-state index in [2.05, 4.69) is 9.72 Å². The second-order valence-electron chi connectivity index (χ2n) is 3.95. The van der Waals surface area contributed by atoms with Gasteiger partial charge >= 0.3 is 5.97 Å². The van der Waals surface area contributed by atoms with E-state index in [0.29, 0.717) is 12.4 Å². The lowest BCUT2D eigenvalue weighted by atomic mass is 10.1. The Morgan fingerprint density at radius 1 is 1.33 bits per heavy atom. The Hall–Kier alpha value is -2.10. The summed E-state index contributed by atoms with van der Waals surface area (Å²) in [6.45, 7) is 4.44. The number of hydrogen-bond donors (Lipinski definition) is 0. The van der Waals surface area contributed by atoms with Gasteiger partial charge in [-0.05, 0) is 26.0 Å². The normalized spacial score (nSPS) is 10.4. The van der Waals surface area contributed by atoms with Crippen LogP contribution in [-0.4, -0.2) is 24.7 Å². The zero-order valence-electron chi connectivity index (χ0n) is 10.7. The monoisotopic (exact) mass is 245 g/mol. The third-order valence-corrected chi connectivity index (χ3v) is 2.62. The smallest absolute Gasteiger partial charge is 0.356 e. The zero-order chi connectivity index (χ0) is 13.1. The Morgan fingerprint density at radius 3 is 2.78 bits per heavy atom. The van der Waals surface area contributed by atoms with Gasteiger partial charge in [-0.3, -0.25) is 0 Å². The first-order valence-electron chi connectivity index (χ1n) is 5.78. The van der Waals surface area contributed by atoms with Crippen LogP contribution in [0.2, 0.25) is 0 Å². The van der Waals surface area contributed by atoms with Gasteiger partial charge in [0.25, 0.3) is 0 Å². The average molecular weight is 245 g/mol. The van der Waals surface area contributed by atoms with Crippen LogP contribution in [0.3, 0.4) is 0 Å². The highest BCUT2D eigenvalue weighted by Gasteiger charge is 2.13. The van der Waals surface area contributed by atoms with E-state index in [-0.39, 0.29) is 5.69 Å². The van der Waals surface area contributed by atoms with Gasteiger partial charge in [-0.15, -0.1) is 0 Å². The van der Waals surface area contributed by atoms with Gasteiger partial charge in [-0.1, -0.05) is 11.6 Å². The Morgan fingerprint density at radius 2 is 2.11 bits per heavy atom. The minimum atomic E-state index is -0.460. The molecule has 1 aromatic heterocycles. The van der Waals surface area contributed by atoms with E-state index in [4.69, 9.17) is 4.74 Å². The zero-order valence-corrected chi connectivity index (χ0v) is 10.7. The van der Waals surface area contributed by atoms with Crippen molar-refractivity contribution in [3.05, 3.63) is 35.5 Å². The summed E-state index contributed by atoms with van der Waals surface area (Å²) >= 11 is 0. The van der Waals surface area contributed by atoms with Crippen LogP contribution in [0.1, 0.15) is 23.0 Å². The number of hydrogen-bond acceptors (Lipinski definition) is 4. The van der Waals surface area contributed by atoms with Gasteiger partial charge in [0.2, 0.25) is 0 Å². The summed E-state index contributed by atoms with van der Waals surface area (Å²) in [5.74, 6) is 0.199. The summed E-state index contributed by atoms with van der Waals surface area (Å²) in [5, 5.41) is 0.907. The number of nitrogens with zero attached hydrogens (tertiary/aromatic N) is 1. The van der Waals surface area contributed by atoms with Crippen molar-refractivity contribution < 1.29 is 14.3 Å². The van der Waals surface area contributed by atoms with E-state index in [9.17, 15) is 4.79 Å². The minimum Gasteiger partial charge on any atom is -0.493 e. The van der Waals surface area contributed by atoms with Gasteiger partial charge in [0.05, 0.1) is 19.2 Å². The number of aromatic nitrogens is 1. The van der Waals surface area contributed by atoms with Crippen molar-refractivity contribution in [3.8, 4) is 5.75 Å². The molecule has 0 saturated carbocycles. The molecule has 0 saturated heterocycles. The molecule has 0 bridgehead atoms. The molecule has 2 aromatic rings. The van der Waals surface area contributed by atoms with Crippen molar-refractivity contribution in [1.82, 2.24) is 4.98 Å². The molecule has 1 aromatic carbocycles. The first-order valence-corrected chi connectivity index (χ1v) is 5.78. The largest absolute Gasteiger partial charge is 0.493 e. The summed E-state index contributed by atoms with van der Waals surface area (Å²) in [4.78, 5) is 15.8. The molecule has 4 heteroatoms. The molecule has 0 aliphatic heterocycles. The van der Waals surface area contributed by atoms with Crippen LogP contribution in [0, 0.1) is 6.92 Å². The second-order valence-corrected chi connectivity index (χ2v) is 3.95. The molecule has 0 radical (unpaired) electrons. The Labute approximate surface area is 106 Å². The molecule has 0 N–H and O–H groups in total. The van der Waals surface area contributed by atoms with Gasteiger partial charge in [-0.2, -0.15) is 0 Å². The van der Waals surface area contributed by atoms with Gasteiger partial charge in [0.1, 0.15) is 5.75 Å². The maximum Gasteiger partial charge on any atom is 0.356 e. The van der Waals surface area contributed by atoms with Crippen molar-refractivity contribution >= 4 is 16.9 Å². The van der Waals surface area contributed by atoms with E-state index in [1.54, 1.807) is 6.07 Å². The highest BCUT2D eigenvalue weighted by atomic mass is 16.5. The summed E-state index contributed by atoms with van der Waals surface area (Å²) in [5.41, 5.74) is 2.11. The number of rotatable bonds is 3. The highest BCUT2D eigenvalue weighted by molar-refractivity contribution is 5.94. The fraction of sp³-hybridized carbons (Fsp3) is 0.286. The minimum absolute atomic E-state index is 0.261. The standard InChI is InChI=1S/C14H15NO3/c1-4-18-13-8-12(14(16)17-3)15-11-6-5-9(2)7-10(11)13/h5-8H,4H2,1-3H3. The second kappa shape index (κ2) is 5.04. The number of fused-ring (bicyclic) bond motifs is 1. The van der Waals surface area contributed by atoms with E-state index < -0.39 is 5.97 Å². The molecular formula is C14H15NO3. The molecule has 0 aliphatic carbocycles. The molecule has 0 aliphatic rings. The number of aryl methyl sites for hydroxylation is 1. The van der Waals surface area contributed by atoms with Gasteiger partial charge in [0.15, 0.2) is 5.69 Å². The van der Waals surface area contributed by atoms with Gasteiger partial charge in [0, 0.05) is 11.5 Å². The highest BCUT2D eigenvalue weighted by Crippen LogP contribution is 2.26. The van der Waals surface area contributed by atoms with Crippen LogP contribution in [0.15, 0.2) is 24.3 Å². The van der Waals surface area contributed by atoms with Crippen molar-refractivity contribution in [1.29, 1.82) is 0 Å². The molecular weight excluding hydrogens is 230 g/mol. The third-order valence-electron chi connectivity index (χ3n) is 2.62. The Kier molecular flexibility index (Phi) is 3.46. The van der Waals surface area contributed by atoms with Crippen LogP contribution in [-0.2, 0) is 4.74 Å². The maximum absolute atomic E-state index is 11.5. The van der Waals surface area contributed by atoms with Crippen LogP contribution in [0.4, 0.5) is 0 Å². The first-order chi connectivity index (χ1) is 8.65. The SMILES string of the molecule is CCOc1cc(C(=O)OC)nc2ccc(C)cc12. The lowest BCUT2D eigenvalue weighted by Crippen LogP contribution is -2.05. The lowest BCUT2D eigenvalue weighted by molar-refractivity contribution is 0.0594. The van der Waals surface area contributed by atoms with Crippen LogP contribution < -0.4 is 4.74 Å². The van der Waals surface area contributed by atoms with Crippen LogP contribution in [0.25, 0.3) is 10.9 Å². The number of benzene rings is 1. The quantitative estimate of drug-likeness (QED) is 0.780. The molecule has 0 amide bonds. The summed E-state index contributed by atoms with van der Waals surface area (Å²) in [7, 11) is 1.34. The lowest BCUT2D eigenvalue weighted by Gasteiger charge is -2.09. The molecule has 4 nitrogen and oxygen atoms in total. The summed E-state index contributed by atoms with van der Waals surface area (Å²) < 4.78 is 10.2. The number of carbonyl (C=O) groups excluding carboxylic acids is 1. The van der Waals surface area contributed by atoms with Gasteiger partial charge in [-0.25, -0.2) is 9.78 Å².